The average molecular weight is 312 g/mol. The van der Waals surface area contributed by atoms with Crippen molar-refractivity contribution in [2.45, 2.75) is 26.2 Å². The van der Waals surface area contributed by atoms with Gasteiger partial charge in [0, 0.05) is 6.54 Å². The molecule has 2 aromatic carbocycles. The molecule has 0 saturated heterocycles. The van der Waals surface area contributed by atoms with E-state index in [1.807, 2.05) is 54.6 Å². The van der Waals surface area contributed by atoms with Crippen LogP contribution in [0.1, 0.15) is 26.2 Å². The number of anilines is 1. The zero-order valence-electron chi connectivity index (χ0n) is 13.5. The first-order chi connectivity index (χ1) is 11.3. The lowest BCUT2D eigenvalue weighted by Gasteiger charge is -2.13. The first-order valence-corrected chi connectivity index (χ1v) is 8.12. The molecule has 0 aliphatic heterocycles. The highest BCUT2D eigenvalue weighted by atomic mass is 16.5. The Morgan fingerprint density at radius 2 is 1.74 bits per heavy atom. The zero-order chi connectivity index (χ0) is 16.3. The highest BCUT2D eigenvalue weighted by Gasteiger charge is 2.06. The summed E-state index contributed by atoms with van der Waals surface area (Å²) >= 11 is 0. The Bertz CT molecular complexity index is 599. The van der Waals surface area contributed by atoms with Gasteiger partial charge < -0.3 is 15.4 Å². The van der Waals surface area contributed by atoms with Crippen molar-refractivity contribution in [2.75, 3.05) is 18.4 Å². The molecule has 0 fully saturated rings. The van der Waals surface area contributed by atoms with E-state index in [9.17, 15) is 4.79 Å². The molecule has 1 amide bonds. The first kappa shape index (κ1) is 16.9. The molecule has 23 heavy (non-hydrogen) atoms. The maximum absolute atomic E-state index is 11.8. The number of hydrogen-bond acceptors (Lipinski definition) is 3. The van der Waals surface area contributed by atoms with Crippen molar-refractivity contribution in [1.82, 2.24) is 5.32 Å². The molecular formula is C19H24N2O2. The van der Waals surface area contributed by atoms with Crippen LogP contribution in [0.25, 0.3) is 0 Å². The summed E-state index contributed by atoms with van der Waals surface area (Å²) in [4.78, 5) is 11.8. The van der Waals surface area contributed by atoms with E-state index in [0.717, 1.165) is 37.2 Å². The molecule has 122 valence electrons. The molecule has 0 aliphatic carbocycles. The summed E-state index contributed by atoms with van der Waals surface area (Å²) in [6, 6.07) is 17.2. The van der Waals surface area contributed by atoms with Crippen molar-refractivity contribution < 1.29 is 9.53 Å². The number of rotatable bonds is 9. The van der Waals surface area contributed by atoms with Gasteiger partial charge in [0.25, 0.3) is 0 Å². The van der Waals surface area contributed by atoms with Crippen molar-refractivity contribution in [3.63, 3.8) is 0 Å². The number of benzene rings is 2. The van der Waals surface area contributed by atoms with Gasteiger partial charge in [-0.3, -0.25) is 4.79 Å². The standard InChI is InChI=1S/C19H24N2O2/c1-2-3-9-14-20-19(22)15-21-17-12-7-8-13-18(17)23-16-10-5-4-6-11-16/h4-8,10-13,21H,2-3,9,14-15H2,1H3,(H,20,22). The predicted octanol–water partition coefficient (Wildman–Crippen LogP) is 4.20. The topological polar surface area (TPSA) is 50.4 Å². The summed E-state index contributed by atoms with van der Waals surface area (Å²) in [5.74, 6) is 1.47. The number of para-hydroxylation sites is 3. The fourth-order valence-corrected chi connectivity index (χ4v) is 2.16. The van der Waals surface area contributed by atoms with Crippen LogP contribution in [0.5, 0.6) is 11.5 Å². The van der Waals surface area contributed by atoms with Gasteiger partial charge in [-0.15, -0.1) is 0 Å². The van der Waals surface area contributed by atoms with Crippen LogP contribution in [-0.4, -0.2) is 19.0 Å². The van der Waals surface area contributed by atoms with Crippen molar-refractivity contribution in [2.24, 2.45) is 0 Å². The van der Waals surface area contributed by atoms with Gasteiger partial charge in [0.2, 0.25) is 5.91 Å². The number of carbonyl (C=O) groups excluding carboxylic acids is 1. The van der Waals surface area contributed by atoms with Crippen molar-refractivity contribution in [1.29, 1.82) is 0 Å². The van der Waals surface area contributed by atoms with Gasteiger partial charge in [0.1, 0.15) is 5.75 Å². The van der Waals surface area contributed by atoms with Crippen LogP contribution in [0.3, 0.4) is 0 Å². The lowest BCUT2D eigenvalue weighted by molar-refractivity contribution is -0.119. The molecule has 0 bridgehead atoms. The van der Waals surface area contributed by atoms with E-state index in [1.165, 1.54) is 0 Å². The molecular weight excluding hydrogens is 288 g/mol. The molecule has 0 saturated carbocycles. The van der Waals surface area contributed by atoms with Crippen LogP contribution in [0.2, 0.25) is 0 Å². The van der Waals surface area contributed by atoms with Crippen LogP contribution in [0, 0.1) is 0 Å². The van der Waals surface area contributed by atoms with Gasteiger partial charge in [-0.2, -0.15) is 0 Å². The number of carbonyl (C=O) groups is 1. The highest BCUT2D eigenvalue weighted by molar-refractivity contribution is 5.81. The summed E-state index contributed by atoms with van der Waals surface area (Å²) in [5.41, 5.74) is 0.806. The highest BCUT2D eigenvalue weighted by Crippen LogP contribution is 2.28. The predicted molar refractivity (Wildman–Crippen MR) is 94.0 cm³/mol. The van der Waals surface area contributed by atoms with Crippen LogP contribution in [0.15, 0.2) is 54.6 Å². The Labute approximate surface area is 137 Å². The average Bonchev–Trinajstić information content (AvgIpc) is 2.59. The Hall–Kier alpha value is -2.49. The Morgan fingerprint density at radius 3 is 2.52 bits per heavy atom. The van der Waals surface area contributed by atoms with E-state index in [0.29, 0.717) is 5.75 Å². The zero-order valence-corrected chi connectivity index (χ0v) is 13.5. The second kappa shape index (κ2) is 9.51. The second-order valence-electron chi connectivity index (χ2n) is 5.32. The minimum atomic E-state index is -0.00406. The SMILES string of the molecule is CCCCCNC(=O)CNc1ccccc1Oc1ccccc1. The van der Waals surface area contributed by atoms with Crippen molar-refractivity contribution in [3.05, 3.63) is 54.6 Å². The monoisotopic (exact) mass is 312 g/mol. The largest absolute Gasteiger partial charge is 0.455 e. The fourth-order valence-electron chi connectivity index (χ4n) is 2.16. The fraction of sp³-hybridized carbons (Fsp3) is 0.316. The van der Waals surface area contributed by atoms with Gasteiger partial charge in [0.15, 0.2) is 5.75 Å². The molecule has 2 rings (SSSR count). The summed E-state index contributed by atoms with van der Waals surface area (Å²) in [6.45, 7) is 3.12. The van der Waals surface area contributed by atoms with E-state index < -0.39 is 0 Å². The Balaban J connectivity index is 1.86. The lowest BCUT2D eigenvalue weighted by atomic mass is 10.2. The molecule has 4 heteroatoms. The molecule has 2 aromatic rings. The Morgan fingerprint density at radius 1 is 1.00 bits per heavy atom. The van der Waals surface area contributed by atoms with Crippen LogP contribution in [0.4, 0.5) is 5.69 Å². The number of unbranched alkanes of at least 4 members (excludes halogenated alkanes) is 2. The van der Waals surface area contributed by atoms with Gasteiger partial charge in [-0.1, -0.05) is 50.1 Å². The van der Waals surface area contributed by atoms with E-state index >= 15 is 0 Å². The smallest absolute Gasteiger partial charge is 0.239 e. The van der Waals surface area contributed by atoms with Crippen LogP contribution in [-0.2, 0) is 4.79 Å². The van der Waals surface area contributed by atoms with Gasteiger partial charge in [0.05, 0.1) is 12.2 Å². The van der Waals surface area contributed by atoms with Crippen LogP contribution >= 0.6 is 0 Å². The minimum Gasteiger partial charge on any atom is -0.455 e. The first-order valence-electron chi connectivity index (χ1n) is 8.12. The third-order valence-electron chi connectivity index (χ3n) is 3.40. The van der Waals surface area contributed by atoms with E-state index in [4.69, 9.17) is 4.74 Å². The van der Waals surface area contributed by atoms with Crippen molar-refractivity contribution in [3.8, 4) is 11.5 Å². The van der Waals surface area contributed by atoms with Crippen LogP contribution < -0.4 is 15.4 Å². The summed E-state index contributed by atoms with van der Waals surface area (Å²) in [6.07, 6.45) is 3.32. The normalized spacial score (nSPS) is 10.1. The third kappa shape index (κ3) is 6.02. The molecule has 0 spiro atoms. The quantitative estimate of drug-likeness (QED) is 0.682. The minimum absolute atomic E-state index is 0.00406. The maximum Gasteiger partial charge on any atom is 0.239 e. The number of ether oxygens (including phenoxy) is 1. The summed E-state index contributed by atoms with van der Waals surface area (Å²) < 4.78 is 5.86. The molecule has 0 radical (unpaired) electrons. The van der Waals surface area contributed by atoms with Crippen molar-refractivity contribution >= 4 is 11.6 Å². The number of hydrogen-bond donors (Lipinski definition) is 2. The molecule has 0 aromatic heterocycles. The maximum atomic E-state index is 11.8. The number of nitrogens with one attached hydrogen (secondary N) is 2. The molecule has 0 atom stereocenters. The Kier molecular flexibility index (Phi) is 6.98. The van der Waals surface area contributed by atoms with E-state index in [1.54, 1.807) is 0 Å². The van der Waals surface area contributed by atoms with Gasteiger partial charge in [-0.25, -0.2) is 0 Å². The molecule has 0 heterocycles. The molecule has 2 N–H and O–H groups in total. The van der Waals surface area contributed by atoms with E-state index in [-0.39, 0.29) is 12.5 Å². The number of amides is 1. The summed E-state index contributed by atoms with van der Waals surface area (Å²) in [7, 11) is 0. The molecule has 0 aliphatic rings. The molecule has 4 nitrogen and oxygen atoms in total. The third-order valence-corrected chi connectivity index (χ3v) is 3.40. The molecule has 0 unspecified atom stereocenters. The van der Waals surface area contributed by atoms with E-state index in [2.05, 4.69) is 17.6 Å². The van der Waals surface area contributed by atoms with Gasteiger partial charge in [-0.05, 0) is 30.7 Å². The summed E-state index contributed by atoms with van der Waals surface area (Å²) in [5, 5.41) is 6.05. The van der Waals surface area contributed by atoms with Gasteiger partial charge >= 0.3 is 0 Å². The lowest BCUT2D eigenvalue weighted by Crippen LogP contribution is -2.30. The second-order valence-corrected chi connectivity index (χ2v) is 5.32.